The molecule has 0 saturated carbocycles. The van der Waals surface area contributed by atoms with Crippen LogP contribution in [0.2, 0.25) is 10.0 Å². The molecule has 140 valence electrons. The van der Waals surface area contributed by atoms with Crippen LogP contribution in [0.15, 0.2) is 22.5 Å². The van der Waals surface area contributed by atoms with Crippen molar-refractivity contribution in [3.05, 3.63) is 33.8 Å². The first-order valence-corrected chi connectivity index (χ1v) is 11.0. The fourth-order valence-electron chi connectivity index (χ4n) is 2.60. The average Bonchev–Trinajstić information content (AvgIpc) is 2.88. The maximum atomic E-state index is 12.7. The number of anilines is 1. The van der Waals surface area contributed by atoms with Crippen molar-refractivity contribution in [2.75, 3.05) is 18.4 Å². The van der Waals surface area contributed by atoms with Crippen molar-refractivity contribution in [2.24, 2.45) is 0 Å². The standard InChI is InChI=1S/C15H16Cl2N4O3S2/c16-10-5-6-11(12(17)9-10)13(22)18-14-19-20-15(25-14)26(23,24)21-7-3-1-2-4-8-21/h5-6,9H,1-4,7-8H2,(H,18,19,22). The summed E-state index contributed by atoms with van der Waals surface area (Å²) in [6.07, 6.45) is 3.70. The largest absolute Gasteiger partial charge is 0.296 e. The van der Waals surface area contributed by atoms with E-state index >= 15 is 0 Å². The Kier molecular flexibility index (Phi) is 6.13. The lowest BCUT2D eigenvalue weighted by Crippen LogP contribution is -2.31. The second-order valence-electron chi connectivity index (χ2n) is 5.77. The Balaban J connectivity index is 1.75. The van der Waals surface area contributed by atoms with Crippen LogP contribution in [0.3, 0.4) is 0 Å². The van der Waals surface area contributed by atoms with Crippen LogP contribution in [0.1, 0.15) is 36.0 Å². The van der Waals surface area contributed by atoms with Crippen LogP contribution in [0, 0.1) is 0 Å². The van der Waals surface area contributed by atoms with Gasteiger partial charge in [-0.05, 0) is 31.0 Å². The molecule has 0 atom stereocenters. The first-order valence-electron chi connectivity index (χ1n) is 7.98. The minimum Gasteiger partial charge on any atom is -0.296 e. The van der Waals surface area contributed by atoms with E-state index in [0.717, 1.165) is 37.0 Å². The van der Waals surface area contributed by atoms with Gasteiger partial charge in [0.1, 0.15) is 0 Å². The van der Waals surface area contributed by atoms with Gasteiger partial charge in [-0.15, -0.1) is 10.2 Å². The van der Waals surface area contributed by atoms with E-state index in [-0.39, 0.29) is 20.1 Å². The Bertz CT molecular complexity index is 909. The molecular weight excluding hydrogens is 419 g/mol. The first kappa shape index (κ1) is 19.5. The van der Waals surface area contributed by atoms with Gasteiger partial charge in [0.15, 0.2) is 0 Å². The summed E-state index contributed by atoms with van der Waals surface area (Å²) in [7, 11) is -3.70. The minimum atomic E-state index is -3.70. The summed E-state index contributed by atoms with van der Waals surface area (Å²) >= 11 is 12.6. The highest BCUT2D eigenvalue weighted by Crippen LogP contribution is 2.27. The highest BCUT2D eigenvalue weighted by atomic mass is 35.5. The van der Waals surface area contributed by atoms with Crippen molar-refractivity contribution in [1.82, 2.24) is 14.5 Å². The zero-order valence-electron chi connectivity index (χ0n) is 13.6. The Hall–Kier alpha value is -1.26. The van der Waals surface area contributed by atoms with E-state index in [1.54, 1.807) is 0 Å². The molecule has 0 bridgehead atoms. The normalized spacial score (nSPS) is 16.2. The number of amides is 1. The van der Waals surface area contributed by atoms with Crippen LogP contribution in [0.5, 0.6) is 0 Å². The second-order valence-corrected chi connectivity index (χ2v) is 9.70. The zero-order valence-corrected chi connectivity index (χ0v) is 16.8. The van der Waals surface area contributed by atoms with Crippen molar-refractivity contribution in [2.45, 2.75) is 30.0 Å². The predicted octanol–water partition coefficient (Wildman–Crippen LogP) is 3.66. The maximum absolute atomic E-state index is 12.7. The molecule has 0 aliphatic carbocycles. The number of hydrogen-bond acceptors (Lipinski definition) is 6. The quantitative estimate of drug-likeness (QED) is 0.740. The average molecular weight is 435 g/mol. The number of benzene rings is 1. The zero-order chi connectivity index (χ0) is 18.7. The van der Waals surface area contributed by atoms with Crippen molar-refractivity contribution in [1.29, 1.82) is 0 Å². The highest BCUT2D eigenvalue weighted by Gasteiger charge is 2.29. The molecule has 3 rings (SSSR count). The lowest BCUT2D eigenvalue weighted by Gasteiger charge is -2.17. The first-order chi connectivity index (χ1) is 12.4. The molecule has 1 fully saturated rings. The Morgan fingerprint density at radius 2 is 1.81 bits per heavy atom. The van der Waals surface area contributed by atoms with Crippen molar-refractivity contribution in [3.8, 4) is 0 Å². The molecule has 1 amide bonds. The summed E-state index contributed by atoms with van der Waals surface area (Å²) in [5.41, 5.74) is 0.211. The number of nitrogens with one attached hydrogen (secondary N) is 1. The topological polar surface area (TPSA) is 92.3 Å². The van der Waals surface area contributed by atoms with Gasteiger partial charge in [-0.2, -0.15) is 4.31 Å². The molecule has 1 aliphatic heterocycles. The van der Waals surface area contributed by atoms with E-state index < -0.39 is 15.9 Å². The van der Waals surface area contributed by atoms with Crippen LogP contribution in [0.4, 0.5) is 5.13 Å². The van der Waals surface area contributed by atoms with Gasteiger partial charge in [-0.25, -0.2) is 8.42 Å². The molecule has 7 nitrogen and oxygen atoms in total. The van der Waals surface area contributed by atoms with Gasteiger partial charge in [-0.3, -0.25) is 10.1 Å². The van der Waals surface area contributed by atoms with Crippen LogP contribution >= 0.6 is 34.5 Å². The van der Waals surface area contributed by atoms with Gasteiger partial charge in [0.05, 0.1) is 10.6 Å². The number of aromatic nitrogens is 2. The lowest BCUT2D eigenvalue weighted by atomic mass is 10.2. The third kappa shape index (κ3) is 4.34. The second kappa shape index (κ2) is 8.18. The molecule has 0 unspecified atom stereocenters. The minimum absolute atomic E-state index is 0.0920. The number of sulfonamides is 1. The number of hydrogen-bond donors (Lipinski definition) is 1. The molecule has 1 aromatic carbocycles. The lowest BCUT2D eigenvalue weighted by molar-refractivity contribution is 0.102. The van der Waals surface area contributed by atoms with E-state index in [0.29, 0.717) is 18.1 Å². The Labute approximate surface area is 165 Å². The molecule has 2 heterocycles. The Morgan fingerprint density at radius 3 is 2.46 bits per heavy atom. The Morgan fingerprint density at radius 1 is 1.12 bits per heavy atom. The highest BCUT2D eigenvalue weighted by molar-refractivity contribution is 7.91. The van der Waals surface area contributed by atoms with Crippen molar-refractivity contribution in [3.63, 3.8) is 0 Å². The van der Waals surface area contributed by atoms with Gasteiger partial charge in [0.2, 0.25) is 9.47 Å². The van der Waals surface area contributed by atoms with E-state index in [1.165, 1.54) is 22.5 Å². The van der Waals surface area contributed by atoms with Gasteiger partial charge < -0.3 is 0 Å². The SMILES string of the molecule is O=C(Nc1nnc(S(=O)(=O)N2CCCCCC2)s1)c1ccc(Cl)cc1Cl. The molecular formula is C15H16Cl2N4O3S2. The molecule has 1 N–H and O–H groups in total. The van der Waals surface area contributed by atoms with E-state index in [2.05, 4.69) is 15.5 Å². The number of halogens is 2. The fraction of sp³-hybridized carbons (Fsp3) is 0.400. The summed E-state index contributed by atoms with van der Waals surface area (Å²) < 4.78 is 26.7. The molecule has 11 heteroatoms. The number of carbonyl (C=O) groups is 1. The maximum Gasteiger partial charge on any atom is 0.272 e. The third-order valence-corrected chi connectivity index (χ3v) is 7.56. The van der Waals surface area contributed by atoms with E-state index in [1.807, 2.05) is 0 Å². The van der Waals surface area contributed by atoms with Crippen molar-refractivity contribution < 1.29 is 13.2 Å². The van der Waals surface area contributed by atoms with E-state index in [9.17, 15) is 13.2 Å². The summed E-state index contributed by atoms with van der Waals surface area (Å²) in [5, 5.41) is 10.7. The van der Waals surface area contributed by atoms with Gasteiger partial charge in [-0.1, -0.05) is 47.4 Å². The molecule has 0 radical (unpaired) electrons. The summed E-state index contributed by atoms with van der Waals surface area (Å²) in [4.78, 5) is 12.3. The van der Waals surface area contributed by atoms with Crippen LogP contribution < -0.4 is 5.32 Å². The van der Waals surface area contributed by atoms with Gasteiger partial charge in [0, 0.05) is 18.1 Å². The molecule has 2 aromatic rings. The number of rotatable bonds is 4. The number of carbonyl (C=O) groups excluding carboxylic acids is 1. The third-order valence-electron chi connectivity index (χ3n) is 3.93. The van der Waals surface area contributed by atoms with Crippen LogP contribution in [-0.2, 0) is 10.0 Å². The molecule has 1 aromatic heterocycles. The van der Waals surface area contributed by atoms with E-state index in [4.69, 9.17) is 23.2 Å². The monoisotopic (exact) mass is 434 g/mol. The molecule has 26 heavy (non-hydrogen) atoms. The number of nitrogens with zero attached hydrogens (tertiary/aromatic N) is 3. The predicted molar refractivity (Wildman–Crippen MR) is 102 cm³/mol. The van der Waals surface area contributed by atoms with Crippen molar-refractivity contribution >= 4 is 55.6 Å². The summed E-state index contributed by atoms with van der Waals surface area (Å²) in [5.74, 6) is -0.512. The van der Waals surface area contributed by atoms with Gasteiger partial charge >= 0.3 is 0 Å². The smallest absolute Gasteiger partial charge is 0.272 e. The molecule has 1 saturated heterocycles. The van der Waals surface area contributed by atoms with Gasteiger partial charge in [0.25, 0.3) is 15.9 Å². The summed E-state index contributed by atoms with van der Waals surface area (Å²) in [6, 6.07) is 4.47. The molecule has 1 aliphatic rings. The molecule has 0 spiro atoms. The van der Waals surface area contributed by atoms with Crippen LogP contribution in [-0.4, -0.2) is 41.9 Å². The van der Waals surface area contributed by atoms with Crippen LogP contribution in [0.25, 0.3) is 0 Å². The summed E-state index contributed by atoms with van der Waals surface area (Å²) in [6.45, 7) is 0.952. The fourth-order valence-corrected chi connectivity index (χ4v) is 5.64.